The molecule has 0 amide bonds. The number of aliphatic carboxylic acids is 1. The van der Waals surface area contributed by atoms with Gasteiger partial charge in [-0.1, -0.05) is 96.5 Å². The van der Waals surface area contributed by atoms with Crippen LogP contribution in [0.25, 0.3) is 0 Å². The highest BCUT2D eigenvalue weighted by molar-refractivity contribution is 14.1. The van der Waals surface area contributed by atoms with E-state index in [-0.39, 0.29) is 3.79 Å². The second kappa shape index (κ2) is 21.1. The van der Waals surface area contributed by atoms with E-state index in [9.17, 15) is 9.59 Å². The lowest BCUT2D eigenvalue weighted by atomic mass is 10.0. The molecule has 0 aromatic rings. The fourth-order valence-corrected chi connectivity index (χ4v) is 3.56. The third-order valence-electron chi connectivity index (χ3n) is 5.10. The first-order chi connectivity index (χ1) is 13.5. The average molecular weight is 507 g/mol. The van der Waals surface area contributed by atoms with Crippen molar-refractivity contribution in [2.24, 2.45) is 0 Å². The van der Waals surface area contributed by atoms with Crippen molar-refractivity contribution < 1.29 is 14.7 Å². The standard InChI is InChI=1S/C23H42INO3/c1-21(25-20-22(24)26)18-16-14-12-10-8-6-4-2-3-5-7-9-11-13-15-17-19-23(27)28/h25H,1-20H2,(H,27,28). The summed E-state index contributed by atoms with van der Waals surface area (Å²) in [5.74, 6) is -0.666. The quantitative estimate of drug-likeness (QED) is 0.0927. The van der Waals surface area contributed by atoms with Gasteiger partial charge in [0.25, 0.3) is 0 Å². The molecule has 0 atom stereocenters. The first kappa shape index (κ1) is 27.4. The Morgan fingerprint density at radius 1 is 0.643 bits per heavy atom. The Morgan fingerprint density at radius 3 is 1.29 bits per heavy atom. The zero-order chi connectivity index (χ0) is 20.9. The van der Waals surface area contributed by atoms with Gasteiger partial charge in [0.2, 0.25) is 3.79 Å². The smallest absolute Gasteiger partial charge is 0.303 e. The number of hydrogen-bond acceptors (Lipinski definition) is 3. The van der Waals surface area contributed by atoms with E-state index in [0.717, 1.165) is 25.0 Å². The van der Waals surface area contributed by atoms with Crippen LogP contribution in [0.5, 0.6) is 0 Å². The molecule has 4 nitrogen and oxygen atoms in total. The van der Waals surface area contributed by atoms with Crippen LogP contribution in [-0.2, 0) is 9.59 Å². The van der Waals surface area contributed by atoms with E-state index in [0.29, 0.717) is 13.0 Å². The molecule has 0 aliphatic carbocycles. The van der Waals surface area contributed by atoms with Crippen LogP contribution in [0.4, 0.5) is 0 Å². The second-order valence-electron chi connectivity index (χ2n) is 7.86. The molecule has 0 bridgehead atoms. The summed E-state index contributed by atoms with van der Waals surface area (Å²) in [5.41, 5.74) is 0.989. The SMILES string of the molecule is C=C(CCCCCCCCCCCCCCCCCCC(=O)O)NCC(=O)I. The Hall–Kier alpha value is -0.590. The van der Waals surface area contributed by atoms with Crippen molar-refractivity contribution in [3.05, 3.63) is 12.3 Å². The molecule has 0 heterocycles. The molecular formula is C23H42INO3. The van der Waals surface area contributed by atoms with Gasteiger partial charge in [-0.15, -0.1) is 0 Å². The van der Waals surface area contributed by atoms with Crippen LogP contribution in [-0.4, -0.2) is 21.4 Å². The number of nitrogens with one attached hydrogen (secondary N) is 1. The van der Waals surface area contributed by atoms with Crippen LogP contribution in [0.3, 0.4) is 0 Å². The number of rotatable bonds is 22. The Labute approximate surface area is 186 Å². The number of unbranched alkanes of at least 4 members (excludes halogenated alkanes) is 15. The Bertz CT molecular complexity index is 413. The lowest BCUT2D eigenvalue weighted by Crippen LogP contribution is -2.18. The van der Waals surface area contributed by atoms with Crippen molar-refractivity contribution in [3.8, 4) is 0 Å². The molecule has 0 radical (unpaired) electrons. The zero-order valence-electron chi connectivity index (χ0n) is 17.8. The molecule has 0 unspecified atom stereocenters. The van der Waals surface area contributed by atoms with Crippen molar-refractivity contribution in [1.82, 2.24) is 5.32 Å². The van der Waals surface area contributed by atoms with E-state index in [1.165, 1.54) is 89.9 Å². The van der Waals surface area contributed by atoms with Gasteiger partial charge in [-0.25, -0.2) is 0 Å². The van der Waals surface area contributed by atoms with Gasteiger partial charge < -0.3 is 10.4 Å². The van der Waals surface area contributed by atoms with Gasteiger partial charge in [-0.2, -0.15) is 0 Å². The third kappa shape index (κ3) is 23.4. The van der Waals surface area contributed by atoms with Gasteiger partial charge in [0.1, 0.15) is 0 Å². The average Bonchev–Trinajstić information content (AvgIpc) is 2.65. The van der Waals surface area contributed by atoms with E-state index in [2.05, 4.69) is 11.9 Å². The highest BCUT2D eigenvalue weighted by Gasteiger charge is 1.99. The Balaban J connectivity index is 3.11. The number of carbonyl (C=O) groups excluding carboxylic acids is 1. The number of halogens is 1. The van der Waals surface area contributed by atoms with Crippen LogP contribution in [0.15, 0.2) is 12.3 Å². The van der Waals surface area contributed by atoms with Crippen molar-refractivity contribution in [2.45, 2.75) is 116 Å². The number of carboxylic acid groups (broad SMARTS) is 1. The number of allylic oxidation sites excluding steroid dienone is 1. The molecule has 2 N–H and O–H groups in total. The van der Waals surface area contributed by atoms with Gasteiger partial charge in [-0.05, 0) is 19.3 Å². The summed E-state index contributed by atoms with van der Waals surface area (Å²) in [6.45, 7) is 4.35. The van der Waals surface area contributed by atoms with E-state index < -0.39 is 5.97 Å². The van der Waals surface area contributed by atoms with Gasteiger partial charge in [-0.3, -0.25) is 9.59 Å². The summed E-state index contributed by atoms with van der Waals surface area (Å²) >= 11 is 1.80. The van der Waals surface area contributed by atoms with Crippen molar-refractivity contribution in [3.63, 3.8) is 0 Å². The van der Waals surface area contributed by atoms with E-state index in [1.54, 1.807) is 22.6 Å². The number of carboxylic acids is 1. The molecular weight excluding hydrogens is 465 g/mol. The van der Waals surface area contributed by atoms with Crippen LogP contribution < -0.4 is 5.32 Å². The third-order valence-corrected chi connectivity index (χ3v) is 5.48. The maximum absolute atomic E-state index is 10.9. The maximum atomic E-state index is 10.9. The largest absolute Gasteiger partial charge is 0.481 e. The maximum Gasteiger partial charge on any atom is 0.303 e. The molecule has 0 aromatic heterocycles. The molecule has 0 saturated carbocycles. The highest BCUT2D eigenvalue weighted by atomic mass is 127. The summed E-state index contributed by atoms with van der Waals surface area (Å²) in [5, 5.41) is 11.6. The number of carbonyl (C=O) groups is 2. The summed E-state index contributed by atoms with van der Waals surface area (Å²) in [4.78, 5) is 21.3. The van der Waals surface area contributed by atoms with E-state index in [1.807, 2.05) is 0 Å². The highest BCUT2D eigenvalue weighted by Crippen LogP contribution is 2.14. The van der Waals surface area contributed by atoms with E-state index >= 15 is 0 Å². The monoisotopic (exact) mass is 507 g/mol. The molecule has 5 heteroatoms. The zero-order valence-corrected chi connectivity index (χ0v) is 19.9. The molecule has 0 aliphatic rings. The van der Waals surface area contributed by atoms with Crippen molar-refractivity contribution in [2.75, 3.05) is 6.54 Å². The van der Waals surface area contributed by atoms with Crippen LogP contribution in [0, 0.1) is 0 Å². The predicted octanol–water partition coefficient (Wildman–Crippen LogP) is 7.16. The molecule has 0 spiro atoms. The Kier molecular flexibility index (Phi) is 20.7. The van der Waals surface area contributed by atoms with Gasteiger partial charge in [0.05, 0.1) is 6.54 Å². The topological polar surface area (TPSA) is 66.4 Å². The van der Waals surface area contributed by atoms with Gasteiger partial charge in [0, 0.05) is 34.7 Å². The summed E-state index contributed by atoms with van der Waals surface area (Å²) < 4.78 is 0.128. The molecule has 0 aliphatic heterocycles. The summed E-state index contributed by atoms with van der Waals surface area (Å²) in [7, 11) is 0. The normalized spacial score (nSPS) is 10.8. The van der Waals surface area contributed by atoms with Gasteiger partial charge in [0.15, 0.2) is 0 Å². The molecule has 164 valence electrons. The lowest BCUT2D eigenvalue weighted by Gasteiger charge is -2.07. The van der Waals surface area contributed by atoms with Gasteiger partial charge >= 0.3 is 5.97 Å². The van der Waals surface area contributed by atoms with Crippen LogP contribution in [0.2, 0.25) is 0 Å². The Morgan fingerprint density at radius 2 is 0.964 bits per heavy atom. The summed E-state index contributed by atoms with van der Waals surface area (Å²) in [6, 6.07) is 0. The fourth-order valence-electron chi connectivity index (χ4n) is 3.37. The fraction of sp³-hybridized carbons (Fsp3) is 0.826. The number of hydrogen-bond donors (Lipinski definition) is 2. The molecule has 0 rings (SSSR count). The molecule has 28 heavy (non-hydrogen) atoms. The first-order valence-electron chi connectivity index (χ1n) is 11.3. The minimum Gasteiger partial charge on any atom is -0.481 e. The van der Waals surface area contributed by atoms with Crippen molar-refractivity contribution >= 4 is 32.4 Å². The molecule has 0 saturated heterocycles. The molecule has 0 aromatic carbocycles. The predicted molar refractivity (Wildman–Crippen MR) is 127 cm³/mol. The van der Waals surface area contributed by atoms with Crippen LogP contribution >= 0.6 is 22.6 Å². The minimum atomic E-state index is -0.666. The second-order valence-corrected chi connectivity index (χ2v) is 9.07. The lowest BCUT2D eigenvalue weighted by molar-refractivity contribution is -0.137. The summed E-state index contributed by atoms with van der Waals surface area (Å²) in [6.07, 6.45) is 21.6. The van der Waals surface area contributed by atoms with Crippen LogP contribution in [0.1, 0.15) is 116 Å². The van der Waals surface area contributed by atoms with E-state index in [4.69, 9.17) is 5.11 Å². The van der Waals surface area contributed by atoms with Crippen molar-refractivity contribution in [1.29, 1.82) is 0 Å². The first-order valence-corrected chi connectivity index (χ1v) is 12.4. The minimum absolute atomic E-state index is 0.128. The molecule has 0 fully saturated rings.